The van der Waals surface area contributed by atoms with E-state index in [4.69, 9.17) is 4.74 Å². The van der Waals surface area contributed by atoms with Gasteiger partial charge < -0.3 is 4.74 Å². The molecular formula is C11H14N4O. The first-order valence-electron chi connectivity index (χ1n) is 5.18. The zero-order chi connectivity index (χ0) is 11.4. The first-order valence-corrected chi connectivity index (χ1v) is 5.18. The lowest BCUT2D eigenvalue weighted by molar-refractivity contribution is 0.316. The van der Waals surface area contributed by atoms with Gasteiger partial charge in [-0.3, -0.25) is 0 Å². The van der Waals surface area contributed by atoms with Gasteiger partial charge in [0.15, 0.2) is 5.82 Å². The Morgan fingerprint density at radius 1 is 1.31 bits per heavy atom. The number of nitrogens with one attached hydrogen (secondary N) is 1. The van der Waals surface area contributed by atoms with E-state index in [1.54, 1.807) is 0 Å². The van der Waals surface area contributed by atoms with Crippen LogP contribution in [0.4, 0.5) is 0 Å². The number of aryl methyl sites for hydroxylation is 2. The van der Waals surface area contributed by atoms with Crippen molar-refractivity contribution in [3.63, 3.8) is 0 Å². The van der Waals surface area contributed by atoms with E-state index in [0.717, 1.165) is 11.3 Å². The van der Waals surface area contributed by atoms with Crippen molar-refractivity contribution in [2.24, 2.45) is 0 Å². The van der Waals surface area contributed by atoms with Crippen molar-refractivity contribution in [3.05, 3.63) is 35.2 Å². The Balaban J connectivity index is 1.92. The Labute approximate surface area is 93.8 Å². The molecule has 0 unspecified atom stereocenters. The van der Waals surface area contributed by atoms with Crippen LogP contribution < -0.4 is 4.74 Å². The van der Waals surface area contributed by atoms with Crippen molar-refractivity contribution < 1.29 is 4.74 Å². The molecule has 5 heteroatoms. The summed E-state index contributed by atoms with van der Waals surface area (Å²) < 4.78 is 5.67. The summed E-state index contributed by atoms with van der Waals surface area (Å²) in [7, 11) is 0. The molecule has 0 spiro atoms. The van der Waals surface area contributed by atoms with E-state index in [1.807, 2.05) is 19.9 Å². The standard InChI is InChI=1S/C11H14N4O/c1-8-3-4-9(2)10(7-8)16-6-5-11-12-14-15-13-11/h3-4,7H,5-6H2,1-2H3,(H,12,13,14,15). The molecule has 84 valence electrons. The molecule has 1 aromatic carbocycles. The van der Waals surface area contributed by atoms with Gasteiger partial charge in [0.1, 0.15) is 5.75 Å². The second-order valence-corrected chi connectivity index (χ2v) is 3.70. The Bertz CT molecular complexity index is 453. The van der Waals surface area contributed by atoms with Gasteiger partial charge in [-0.25, -0.2) is 0 Å². The molecule has 0 aliphatic carbocycles. The normalized spacial score (nSPS) is 10.4. The van der Waals surface area contributed by atoms with E-state index in [-0.39, 0.29) is 0 Å². The molecule has 0 saturated heterocycles. The number of hydrogen-bond acceptors (Lipinski definition) is 4. The summed E-state index contributed by atoms with van der Waals surface area (Å²) in [4.78, 5) is 0. The van der Waals surface area contributed by atoms with Crippen molar-refractivity contribution in [2.75, 3.05) is 6.61 Å². The van der Waals surface area contributed by atoms with Crippen LogP contribution in [0.5, 0.6) is 5.75 Å². The minimum atomic E-state index is 0.559. The number of nitrogens with zero attached hydrogens (tertiary/aromatic N) is 3. The van der Waals surface area contributed by atoms with Crippen molar-refractivity contribution in [3.8, 4) is 5.75 Å². The predicted octanol–water partition coefficient (Wildman–Crippen LogP) is 1.44. The lowest BCUT2D eigenvalue weighted by Crippen LogP contribution is -2.04. The Morgan fingerprint density at radius 2 is 2.19 bits per heavy atom. The molecule has 16 heavy (non-hydrogen) atoms. The Morgan fingerprint density at radius 3 is 2.94 bits per heavy atom. The monoisotopic (exact) mass is 218 g/mol. The van der Waals surface area contributed by atoms with E-state index >= 15 is 0 Å². The molecule has 1 heterocycles. The van der Waals surface area contributed by atoms with Gasteiger partial charge in [0.25, 0.3) is 0 Å². The number of rotatable bonds is 4. The van der Waals surface area contributed by atoms with Crippen LogP contribution in [0, 0.1) is 13.8 Å². The van der Waals surface area contributed by atoms with Gasteiger partial charge in [-0.15, -0.1) is 10.2 Å². The molecule has 0 fully saturated rings. The average molecular weight is 218 g/mol. The fraction of sp³-hybridized carbons (Fsp3) is 0.364. The molecule has 1 N–H and O–H groups in total. The number of H-pyrrole nitrogens is 1. The maximum Gasteiger partial charge on any atom is 0.177 e. The zero-order valence-electron chi connectivity index (χ0n) is 9.40. The topological polar surface area (TPSA) is 63.7 Å². The summed E-state index contributed by atoms with van der Waals surface area (Å²) in [5.74, 6) is 1.59. The summed E-state index contributed by atoms with van der Waals surface area (Å²) in [6, 6.07) is 6.16. The average Bonchev–Trinajstić information content (AvgIpc) is 2.76. The van der Waals surface area contributed by atoms with Crippen LogP contribution in [-0.4, -0.2) is 27.2 Å². The largest absolute Gasteiger partial charge is 0.493 e. The number of benzene rings is 1. The molecule has 0 atom stereocenters. The van der Waals surface area contributed by atoms with Gasteiger partial charge in [-0.2, -0.15) is 5.21 Å². The quantitative estimate of drug-likeness (QED) is 0.843. The SMILES string of the molecule is Cc1ccc(C)c(OCCc2nn[nH]n2)c1. The molecule has 0 bridgehead atoms. The lowest BCUT2D eigenvalue weighted by Gasteiger charge is -2.08. The molecule has 0 aliphatic heterocycles. The highest BCUT2D eigenvalue weighted by Crippen LogP contribution is 2.18. The fourth-order valence-corrected chi connectivity index (χ4v) is 1.40. The van der Waals surface area contributed by atoms with E-state index in [9.17, 15) is 0 Å². The molecule has 0 radical (unpaired) electrons. The number of tetrazole rings is 1. The van der Waals surface area contributed by atoms with Gasteiger partial charge in [-0.05, 0) is 31.0 Å². The van der Waals surface area contributed by atoms with Gasteiger partial charge in [0.2, 0.25) is 0 Å². The van der Waals surface area contributed by atoms with Crippen molar-refractivity contribution in [1.29, 1.82) is 0 Å². The minimum absolute atomic E-state index is 0.559. The second kappa shape index (κ2) is 4.74. The highest BCUT2D eigenvalue weighted by molar-refractivity contribution is 5.35. The summed E-state index contributed by atoms with van der Waals surface area (Å²) >= 11 is 0. The molecular weight excluding hydrogens is 204 g/mol. The predicted molar refractivity (Wildman–Crippen MR) is 59.3 cm³/mol. The number of ether oxygens (including phenoxy) is 1. The molecule has 2 rings (SSSR count). The van der Waals surface area contributed by atoms with Crippen molar-refractivity contribution >= 4 is 0 Å². The van der Waals surface area contributed by atoms with E-state index < -0.39 is 0 Å². The van der Waals surface area contributed by atoms with Crippen LogP contribution in [0.2, 0.25) is 0 Å². The third kappa shape index (κ3) is 2.56. The smallest absolute Gasteiger partial charge is 0.177 e. The lowest BCUT2D eigenvalue weighted by atomic mass is 10.1. The fourth-order valence-electron chi connectivity index (χ4n) is 1.40. The Kier molecular flexibility index (Phi) is 3.14. The first-order chi connectivity index (χ1) is 7.75. The maximum atomic E-state index is 5.67. The molecule has 0 aliphatic rings. The van der Waals surface area contributed by atoms with Crippen LogP contribution in [0.1, 0.15) is 17.0 Å². The molecule has 0 amide bonds. The summed E-state index contributed by atoms with van der Waals surface area (Å²) in [6.45, 7) is 4.64. The molecule has 5 nitrogen and oxygen atoms in total. The zero-order valence-corrected chi connectivity index (χ0v) is 9.40. The molecule has 0 saturated carbocycles. The summed E-state index contributed by atoms with van der Waals surface area (Å²) in [5, 5.41) is 13.6. The van der Waals surface area contributed by atoms with Crippen LogP contribution in [-0.2, 0) is 6.42 Å². The molecule has 2 aromatic rings. The minimum Gasteiger partial charge on any atom is -0.493 e. The van der Waals surface area contributed by atoms with Crippen LogP contribution in [0.15, 0.2) is 18.2 Å². The van der Waals surface area contributed by atoms with E-state index in [2.05, 4.69) is 32.8 Å². The van der Waals surface area contributed by atoms with E-state index in [1.165, 1.54) is 5.56 Å². The van der Waals surface area contributed by atoms with Gasteiger partial charge in [0, 0.05) is 6.42 Å². The third-order valence-electron chi connectivity index (χ3n) is 2.32. The highest BCUT2D eigenvalue weighted by atomic mass is 16.5. The Hall–Kier alpha value is -1.91. The van der Waals surface area contributed by atoms with Crippen LogP contribution in [0.25, 0.3) is 0 Å². The summed E-state index contributed by atoms with van der Waals surface area (Å²) in [5.41, 5.74) is 2.33. The van der Waals surface area contributed by atoms with Crippen molar-refractivity contribution in [2.45, 2.75) is 20.3 Å². The van der Waals surface area contributed by atoms with Crippen LogP contribution in [0.3, 0.4) is 0 Å². The number of aromatic nitrogens is 4. The maximum absolute atomic E-state index is 5.67. The van der Waals surface area contributed by atoms with Gasteiger partial charge in [0.05, 0.1) is 6.61 Å². The van der Waals surface area contributed by atoms with E-state index in [0.29, 0.717) is 18.9 Å². The number of hydrogen-bond donors (Lipinski definition) is 1. The number of aromatic amines is 1. The second-order valence-electron chi connectivity index (χ2n) is 3.70. The third-order valence-corrected chi connectivity index (χ3v) is 2.32. The van der Waals surface area contributed by atoms with Gasteiger partial charge >= 0.3 is 0 Å². The first kappa shape index (κ1) is 10.6. The van der Waals surface area contributed by atoms with Gasteiger partial charge in [-0.1, -0.05) is 17.3 Å². The van der Waals surface area contributed by atoms with Crippen LogP contribution >= 0.6 is 0 Å². The van der Waals surface area contributed by atoms with Crippen molar-refractivity contribution in [1.82, 2.24) is 20.6 Å². The highest BCUT2D eigenvalue weighted by Gasteiger charge is 2.02. The summed E-state index contributed by atoms with van der Waals surface area (Å²) in [6.07, 6.45) is 0.657. The molecule has 1 aromatic heterocycles.